The van der Waals surface area contributed by atoms with Gasteiger partial charge in [-0.2, -0.15) is 0 Å². The van der Waals surface area contributed by atoms with Crippen molar-refractivity contribution in [2.75, 3.05) is 18.8 Å². The molecule has 1 unspecified atom stereocenters. The van der Waals surface area contributed by atoms with Crippen LogP contribution in [0.5, 0.6) is 0 Å². The van der Waals surface area contributed by atoms with E-state index in [1.165, 1.54) is 0 Å². The standard InChI is InChI=1S/C12H19ClN2O/c1-8(2)6-15-7-12(16)9-3-4-10(13)11(14)5-9/h3-5,8,12,15-16H,6-7,14H2,1-2H3. The normalized spacial score (nSPS) is 13.1. The molecule has 0 saturated heterocycles. The van der Waals surface area contributed by atoms with Gasteiger partial charge in [0.25, 0.3) is 0 Å². The van der Waals surface area contributed by atoms with Gasteiger partial charge in [-0.25, -0.2) is 0 Å². The number of nitrogens with one attached hydrogen (secondary N) is 1. The number of hydrogen-bond acceptors (Lipinski definition) is 3. The molecule has 0 saturated carbocycles. The topological polar surface area (TPSA) is 58.3 Å². The van der Waals surface area contributed by atoms with Gasteiger partial charge in [-0.15, -0.1) is 0 Å². The van der Waals surface area contributed by atoms with Crippen LogP contribution in [0.15, 0.2) is 18.2 Å². The van der Waals surface area contributed by atoms with Gasteiger partial charge in [-0.05, 0) is 30.2 Å². The van der Waals surface area contributed by atoms with Crippen LogP contribution >= 0.6 is 11.6 Å². The van der Waals surface area contributed by atoms with Gasteiger partial charge in [0.2, 0.25) is 0 Å². The molecule has 0 bridgehead atoms. The van der Waals surface area contributed by atoms with E-state index < -0.39 is 6.10 Å². The van der Waals surface area contributed by atoms with Crippen LogP contribution in [0.4, 0.5) is 5.69 Å². The molecule has 0 aromatic heterocycles. The van der Waals surface area contributed by atoms with E-state index in [9.17, 15) is 5.11 Å². The summed E-state index contributed by atoms with van der Waals surface area (Å²) in [5.74, 6) is 0.572. The first-order valence-electron chi connectivity index (χ1n) is 5.44. The zero-order chi connectivity index (χ0) is 12.1. The number of hydrogen-bond donors (Lipinski definition) is 3. The third-order valence-electron chi connectivity index (χ3n) is 2.30. The molecule has 1 rings (SSSR count). The van der Waals surface area contributed by atoms with Crippen molar-refractivity contribution in [3.05, 3.63) is 28.8 Å². The number of nitrogen functional groups attached to an aromatic ring is 1. The minimum atomic E-state index is -0.543. The van der Waals surface area contributed by atoms with Crippen molar-refractivity contribution in [2.24, 2.45) is 5.92 Å². The summed E-state index contributed by atoms with van der Waals surface area (Å²) in [5.41, 5.74) is 6.96. The van der Waals surface area contributed by atoms with E-state index in [1.807, 2.05) is 0 Å². The van der Waals surface area contributed by atoms with E-state index in [0.29, 0.717) is 23.2 Å². The monoisotopic (exact) mass is 242 g/mol. The maximum absolute atomic E-state index is 9.89. The Bertz CT molecular complexity index is 342. The average Bonchev–Trinajstić information content (AvgIpc) is 2.21. The summed E-state index contributed by atoms with van der Waals surface area (Å²) in [4.78, 5) is 0. The van der Waals surface area contributed by atoms with Crippen LogP contribution in [0.3, 0.4) is 0 Å². The first kappa shape index (κ1) is 13.3. The Morgan fingerprint density at radius 3 is 2.62 bits per heavy atom. The van der Waals surface area contributed by atoms with Gasteiger partial charge in [0.15, 0.2) is 0 Å². The van der Waals surface area contributed by atoms with Gasteiger partial charge < -0.3 is 16.2 Å². The fourth-order valence-corrected chi connectivity index (χ4v) is 1.51. The molecule has 0 amide bonds. The molecular weight excluding hydrogens is 224 g/mol. The molecule has 0 heterocycles. The number of aliphatic hydroxyl groups excluding tert-OH is 1. The maximum atomic E-state index is 9.89. The zero-order valence-electron chi connectivity index (χ0n) is 9.70. The van der Waals surface area contributed by atoms with E-state index in [0.717, 1.165) is 12.1 Å². The maximum Gasteiger partial charge on any atom is 0.0915 e. The first-order valence-corrected chi connectivity index (χ1v) is 5.82. The van der Waals surface area contributed by atoms with Crippen molar-refractivity contribution in [3.8, 4) is 0 Å². The zero-order valence-corrected chi connectivity index (χ0v) is 10.5. The predicted octanol–water partition coefficient (Wildman–Crippen LogP) is 2.20. The predicted molar refractivity (Wildman–Crippen MR) is 68.5 cm³/mol. The van der Waals surface area contributed by atoms with Crippen LogP contribution in [0.25, 0.3) is 0 Å². The highest BCUT2D eigenvalue weighted by Crippen LogP contribution is 2.22. The van der Waals surface area contributed by atoms with Crippen molar-refractivity contribution < 1.29 is 5.11 Å². The molecule has 16 heavy (non-hydrogen) atoms. The second-order valence-electron chi connectivity index (χ2n) is 4.35. The highest BCUT2D eigenvalue weighted by atomic mass is 35.5. The lowest BCUT2D eigenvalue weighted by Gasteiger charge is -2.14. The molecule has 90 valence electrons. The number of aliphatic hydroxyl groups is 1. The third-order valence-corrected chi connectivity index (χ3v) is 2.64. The minimum Gasteiger partial charge on any atom is -0.398 e. The summed E-state index contributed by atoms with van der Waals surface area (Å²) >= 11 is 5.81. The van der Waals surface area contributed by atoms with E-state index in [-0.39, 0.29) is 0 Å². The summed E-state index contributed by atoms with van der Waals surface area (Å²) in [5, 5.41) is 13.6. The van der Waals surface area contributed by atoms with E-state index >= 15 is 0 Å². The Kier molecular flexibility index (Phi) is 5.06. The molecule has 4 N–H and O–H groups in total. The smallest absolute Gasteiger partial charge is 0.0915 e. The molecular formula is C12H19ClN2O. The Hall–Kier alpha value is -0.770. The fourth-order valence-electron chi connectivity index (χ4n) is 1.40. The fraction of sp³-hybridized carbons (Fsp3) is 0.500. The van der Waals surface area contributed by atoms with Crippen molar-refractivity contribution in [1.82, 2.24) is 5.32 Å². The average molecular weight is 243 g/mol. The van der Waals surface area contributed by atoms with Crippen LogP contribution in [0.1, 0.15) is 25.5 Å². The molecule has 0 aliphatic rings. The Balaban J connectivity index is 2.52. The number of anilines is 1. The Morgan fingerprint density at radius 1 is 1.38 bits per heavy atom. The largest absolute Gasteiger partial charge is 0.398 e. The number of benzene rings is 1. The number of rotatable bonds is 5. The van der Waals surface area contributed by atoms with E-state index in [4.69, 9.17) is 17.3 Å². The number of halogens is 1. The minimum absolute atomic E-state index is 0.502. The summed E-state index contributed by atoms with van der Waals surface area (Å²) in [6, 6.07) is 5.21. The first-order chi connectivity index (χ1) is 7.50. The Labute approximate surface area is 102 Å². The molecule has 0 radical (unpaired) electrons. The van der Waals surface area contributed by atoms with Gasteiger partial charge in [-0.1, -0.05) is 31.5 Å². The third kappa shape index (κ3) is 4.00. The lowest BCUT2D eigenvalue weighted by atomic mass is 10.1. The molecule has 4 heteroatoms. The summed E-state index contributed by atoms with van der Waals surface area (Å²) < 4.78 is 0. The lowest BCUT2D eigenvalue weighted by Crippen LogP contribution is -2.25. The van der Waals surface area contributed by atoms with Crippen LogP contribution in [-0.2, 0) is 0 Å². The highest BCUT2D eigenvalue weighted by molar-refractivity contribution is 6.33. The van der Waals surface area contributed by atoms with Gasteiger partial charge in [0.1, 0.15) is 0 Å². The molecule has 0 aliphatic heterocycles. The van der Waals surface area contributed by atoms with Gasteiger partial charge in [0.05, 0.1) is 16.8 Å². The molecule has 1 aromatic carbocycles. The van der Waals surface area contributed by atoms with Crippen molar-refractivity contribution >= 4 is 17.3 Å². The molecule has 0 spiro atoms. The van der Waals surface area contributed by atoms with Crippen molar-refractivity contribution in [1.29, 1.82) is 0 Å². The molecule has 1 atom stereocenters. The SMILES string of the molecule is CC(C)CNCC(O)c1ccc(Cl)c(N)c1. The molecule has 1 aromatic rings. The van der Waals surface area contributed by atoms with E-state index in [2.05, 4.69) is 19.2 Å². The molecule has 3 nitrogen and oxygen atoms in total. The van der Waals surface area contributed by atoms with Crippen LogP contribution in [-0.4, -0.2) is 18.2 Å². The summed E-state index contributed by atoms with van der Waals surface area (Å²) in [6.07, 6.45) is -0.543. The van der Waals surface area contributed by atoms with Crippen LogP contribution < -0.4 is 11.1 Å². The highest BCUT2D eigenvalue weighted by Gasteiger charge is 2.08. The van der Waals surface area contributed by atoms with Crippen LogP contribution in [0, 0.1) is 5.92 Å². The number of nitrogens with two attached hydrogens (primary N) is 1. The summed E-state index contributed by atoms with van der Waals surface area (Å²) in [7, 11) is 0. The quantitative estimate of drug-likeness (QED) is 0.694. The lowest BCUT2D eigenvalue weighted by molar-refractivity contribution is 0.173. The second kappa shape index (κ2) is 6.09. The van der Waals surface area contributed by atoms with Crippen molar-refractivity contribution in [3.63, 3.8) is 0 Å². The Morgan fingerprint density at radius 2 is 2.06 bits per heavy atom. The van der Waals surface area contributed by atoms with E-state index in [1.54, 1.807) is 18.2 Å². The van der Waals surface area contributed by atoms with Gasteiger partial charge >= 0.3 is 0 Å². The van der Waals surface area contributed by atoms with Crippen molar-refractivity contribution in [2.45, 2.75) is 20.0 Å². The van der Waals surface area contributed by atoms with Gasteiger partial charge in [0, 0.05) is 6.54 Å². The second-order valence-corrected chi connectivity index (χ2v) is 4.76. The van der Waals surface area contributed by atoms with Gasteiger partial charge in [-0.3, -0.25) is 0 Å². The summed E-state index contributed by atoms with van der Waals surface area (Å²) in [6.45, 7) is 5.67. The molecule has 0 fully saturated rings. The molecule has 0 aliphatic carbocycles. The van der Waals surface area contributed by atoms with Crippen LogP contribution in [0.2, 0.25) is 5.02 Å².